The van der Waals surface area contributed by atoms with Crippen LogP contribution >= 0.6 is 0 Å². The van der Waals surface area contributed by atoms with Crippen molar-refractivity contribution in [2.24, 2.45) is 5.14 Å². The molecule has 0 aliphatic heterocycles. The minimum atomic E-state index is -4.15. The molecule has 7 heteroatoms. The minimum absolute atomic E-state index is 0. The van der Waals surface area contributed by atoms with Crippen molar-refractivity contribution in [1.29, 1.82) is 0 Å². The molecule has 0 fully saturated rings. The molecule has 0 rings (SSSR count). The first-order valence-corrected chi connectivity index (χ1v) is 10.8. The van der Waals surface area contributed by atoms with Gasteiger partial charge < -0.3 is 4.18 Å². The van der Waals surface area contributed by atoms with Crippen molar-refractivity contribution in [3.63, 3.8) is 0 Å². The van der Waals surface area contributed by atoms with Gasteiger partial charge in [-0.1, -0.05) is 70.4 Å². The summed E-state index contributed by atoms with van der Waals surface area (Å²) in [7, 11) is -4.15. The van der Waals surface area contributed by atoms with E-state index in [1.165, 1.54) is 44.9 Å². The number of unbranched alkanes of at least 4 members (excludes halogenated alkanes) is 11. The Kier molecular flexibility index (Phi) is 20.7. The van der Waals surface area contributed by atoms with Crippen LogP contribution in [0.2, 0.25) is 0 Å². The molecule has 0 aromatic carbocycles. The van der Waals surface area contributed by atoms with Gasteiger partial charge in [0, 0.05) is 6.42 Å². The van der Waals surface area contributed by atoms with E-state index >= 15 is 0 Å². The quantitative estimate of drug-likeness (QED) is 0.246. The van der Waals surface area contributed by atoms with Gasteiger partial charge in [0.1, 0.15) is 0 Å². The van der Waals surface area contributed by atoms with Gasteiger partial charge in [-0.25, -0.2) is 0 Å². The first-order chi connectivity index (χ1) is 11.5. The van der Waals surface area contributed by atoms with Crippen molar-refractivity contribution >= 4 is 45.8 Å². The molecule has 0 heterocycles. The Morgan fingerprint density at radius 1 is 0.840 bits per heavy atom. The Morgan fingerprint density at radius 3 is 1.76 bits per heavy atom. The third-order valence-electron chi connectivity index (χ3n) is 3.85. The Bertz CT molecular complexity index is 438. The van der Waals surface area contributed by atoms with Crippen LogP contribution in [-0.2, 0) is 19.3 Å². The summed E-state index contributed by atoms with van der Waals surface area (Å²) in [6.07, 6.45) is 19.9. The van der Waals surface area contributed by atoms with Gasteiger partial charge in [0.05, 0.1) is 0 Å². The molecule has 144 valence electrons. The second-order valence-electron chi connectivity index (χ2n) is 6.28. The monoisotopic (exact) mass is 385 g/mol. The number of nitrogens with two attached hydrogens (primary N) is 1. The van der Waals surface area contributed by atoms with Gasteiger partial charge in [-0.2, -0.15) is 13.6 Å². The molecule has 0 aliphatic carbocycles. The molecule has 5 nitrogen and oxygen atoms in total. The van der Waals surface area contributed by atoms with Crippen molar-refractivity contribution < 1.29 is 17.4 Å². The summed E-state index contributed by atoms with van der Waals surface area (Å²) in [5, 5.41) is 4.62. The van der Waals surface area contributed by atoms with E-state index < -0.39 is 16.3 Å². The van der Waals surface area contributed by atoms with Crippen LogP contribution in [-0.4, -0.2) is 43.9 Å². The average Bonchev–Trinajstić information content (AvgIpc) is 2.49. The Morgan fingerprint density at radius 2 is 1.28 bits per heavy atom. The summed E-state index contributed by atoms with van der Waals surface area (Å²) in [5.74, 6) is -0.768. The molecular formula is C18H36NNaO4S. The van der Waals surface area contributed by atoms with Crippen molar-refractivity contribution in [2.45, 2.75) is 96.8 Å². The zero-order chi connectivity index (χ0) is 18.1. The fraction of sp³-hybridized carbons (Fsp3) is 0.833. The van der Waals surface area contributed by atoms with E-state index in [4.69, 9.17) is 0 Å². The molecule has 0 aromatic rings. The second kappa shape index (κ2) is 18.9. The predicted octanol–water partition coefficient (Wildman–Crippen LogP) is 4.12. The average molecular weight is 386 g/mol. The maximum atomic E-state index is 11.1. The second-order valence-corrected chi connectivity index (χ2v) is 7.43. The number of carbonyl (C=O) groups is 1. The summed E-state index contributed by atoms with van der Waals surface area (Å²) in [6.45, 7) is 2.24. The van der Waals surface area contributed by atoms with Crippen molar-refractivity contribution in [1.82, 2.24) is 0 Å². The number of hydrogen-bond acceptors (Lipinski definition) is 4. The van der Waals surface area contributed by atoms with E-state index in [2.05, 4.69) is 28.4 Å². The van der Waals surface area contributed by atoms with E-state index in [9.17, 15) is 13.2 Å². The van der Waals surface area contributed by atoms with Gasteiger partial charge in [-0.05, 0) is 32.1 Å². The van der Waals surface area contributed by atoms with Crippen LogP contribution in [0.15, 0.2) is 12.2 Å². The zero-order valence-electron chi connectivity index (χ0n) is 15.2. The van der Waals surface area contributed by atoms with Crippen molar-refractivity contribution in [2.75, 3.05) is 0 Å². The molecule has 0 aliphatic rings. The van der Waals surface area contributed by atoms with Gasteiger partial charge >= 0.3 is 45.8 Å². The molecular weight excluding hydrogens is 349 g/mol. The standard InChI is InChI=1S/C18H35NO4S.Na.H/c1-2-3-4-5-6-7-8-9-10-11-12-13-14-15-16-17-18(20)23-24(19,21)22;;/h9-10H,2-8,11-17H2,1H3,(H2,19,21,22);;/b10-9-;;. The van der Waals surface area contributed by atoms with Crippen LogP contribution in [0.4, 0.5) is 0 Å². The van der Waals surface area contributed by atoms with E-state index in [-0.39, 0.29) is 36.0 Å². The fourth-order valence-electron chi connectivity index (χ4n) is 2.51. The van der Waals surface area contributed by atoms with Crippen molar-refractivity contribution in [3.8, 4) is 0 Å². The first kappa shape index (κ1) is 27.3. The van der Waals surface area contributed by atoms with E-state index in [0.717, 1.165) is 32.1 Å². The van der Waals surface area contributed by atoms with Crippen LogP contribution in [0.1, 0.15) is 96.8 Å². The molecule has 0 saturated carbocycles. The summed E-state index contributed by atoms with van der Waals surface area (Å²) in [5.41, 5.74) is 0. The zero-order valence-corrected chi connectivity index (χ0v) is 16.0. The molecule has 0 atom stereocenters. The summed E-state index contributed by atoms with van der Waals surface area (Å²) in [6, 6.07) is 0. The molecule has 0 radical (unpaired) electrons. The molecule has 0 amide bonds. The number of hydrogen-bond donors (Lipinski definition) is 1. The van der Waals surface area contributed by atoms with Gasteiger partial charge in [-0.3, -0.25) is 4.79 Å². The van der Waals surface area contributed by atoms with Gasteiger partial charge in [-0.15, -0.1) is 0 Å². The van der Waals surface area contributed by atoms with Gasteiger partial charge in [0.25, 0.3) is 0 Å². The van der Waals surface area contributed by atoms with E-state index in [1.54, 1.807) is 0 Å². The SMILES string of the molecule is CCCCCCCC/C=C\CCCCCCCC(=O)OS(N)(=O)=O.[NaH]. The molecule has 2 N–H and O–H groups in total. The molecule has 0 unspecified atom stereocenters. The number of carbonyl (C=O) groups excluding carboxylic acids is 1. The third-order valence-corrected chi connectivity index (χ3v) is 4.27. The normalized spacial score (nSPS) is 11.4. The Balaban J connectivity index is 0. The summed E-state index contributed by atoms with van der Waals surface area (Å²) >= 11 is 0. The Hall–Kier alpha value is 0.120. The summed E-state index contributed by atoms with van der Waals surface area (Å²) < 4.78 is 25.1. The molecule has 0 aromatic heterocycles. The van der Waals surface area contributed by atoms with Gasteiger partial charge in [0.2, 0.25) is 0 Å². The van der Waals surface area contributed by atoms with Crippen molar-refractivity contribution in [3.05, 3.63) is 12.2 Å². The third kappa shape index (κ3) is 24.1. The topological polar surface area (TPSA) is 86.5 Å². The van der Waals surface area contributed by atoms with Crippen LogP contribution in [0.5, 0.6) is 0 Å². The summed E-state index contributed by atoms with van der Waals surface area (Å²) in [4.78, 5) is 11.1. The molecule has 0 bridgehead atoms. The van der Waals surface area contributed by atoms with Crippen LogP contribution in [0.3, 0.4) is 0 Å². The maximum absolute atomic E-state index is 11.1. The first-order valence-electron chi connectivity index (χ1n) is 9.35. The van der Waals surface area contributed by atoms with E-state index in [1.807, 2.05) is 0 Å². The predicted molar refractivity (Wildman–Crippen MR) is 106 cm³/mol. The van der Waals surface area contributed by atoms with Gasteiger partial charge in [0.15, 0.2) is 0 Å². The Labute approximate surface area is 176 Å². The number of rotatable bonds is 16. The number of allylic oxidation sites excluding steroid dienone is 2. The van der Waals surface area contributed by atoms with Crippen LogP contribution < -0.4 is 5.14 Å². The van der Waals surface area contributed by atoms with Crippen LogP contribution in [0, 0.1) is 0 Å². The van der Waals surface area contributed by atoms with E-state index in [0.29, 0.717) is 6.42 Å². The van der Waals surface area contributed by atoms with Crippen LogP contribution in [0.25, 0.3) is 0 Å². The molecule has 25 heavy (non-hydrogen) atoms. The molecule has 0 spiro atoms. The molecule has 0 saturated heterocycles. The fourth-order valence-corrected chi connectivity index (χ4v) is 2.85.